The summed E-state index contributed by atoms with van der Waals surface area (Å²) in [5.74, 6) is 0.198. The van der Waals surface area contributed by atoms with Crippen LogP contribution in [0.4, 0.5) is 0 Å². The van der Waals surface area contributed by atoms with Crippen LogP contribution >= 0.6 is 0 Å². The second kappa shape index (κ2) is 6.31. The highest BCUT2D eigenvalue weighted by Crippen LogP contribution is 2.24. The van der Waals surface area contributed by atoms with Crippen LogP contribution in [-0.2, 0) is 4.74 Å². The number of esters is 1. The van der Waals surface area contributed by atoms with E-state index in [9.17, 15) is 4.79 Å². The lowest BCUT2D eigenvalue weighted by Gasteiger charge is -2.03. The van der Waals surface area contributed by atoms with Crippen molar-refractivity contribution in [2.45, 2.75) is 0 Å². The summed E-state index contributed by atoms with van der Waals surface area (Å²) >= 11 is 0. The first-order valence-corrected chi connectivity index (χ1v) is 6.96. The molecule has 0 unspecified atom stereocenters. The molecule has 0 aliphatic carbocycles. The van der Waals surface area contributed by atoms with E-state index in [1.165, 1.54) is 7.11 Å². The monoisotopic (exact) mass is 309 g/mol. The Morgan fingerprint density at radius 3 is 2.70 bits per heavy atom. The van der Waals surface area contributed by atoms with Crippen molar-refractivity contribution in [3.63, 3.8) is 0 Å². The van der Waals surface area contributed by atoms with Gasteiger partial charge in [0.05, 0.1) is 31.2 Å². The Balaban J connectivity index is 2.13. The van der Waals surface area contributed by atoms with Gasteiger partial charge >= 0.3 is 5.97 Å². The summed E-state index contributed by atoms with van der Waals surface area (Å²) in [5.41, 5.74) is 2.26. The van der Waals surface area contributed by atoms with E-state index in [2.05, 4.69) is 10.1 Å². The van der Waals surface area contributed by atoms with Crippen molar-refractivity contribution in [3.8, 4) is 22.7 Å². The summed E-state index contributed by atoms with van der Waals surface area (Å²) in [5, 5.41) is 4.35. The van der Waals surface area contributed by atoms with Crippen LogP contribution in [0.3, 0.4) is 0 Å². The van der Waals surface area contributed by atoms with Crippen LogP contribution in [0.15, 0.2) is 54.9 Å². The summed E-state index contributed by atoms with van der Waals surface area (Å²) < 4.78 is 11.7. The summed E-state index contributed by atoms with van der Waals surface area (Å²) in [7, 11) is 2.93. The summed E-state index contributed by atoms with van der Waals surface area (Å²) in [6.45, 7) is 0. The average Bonchev–Trinajstić information content (AvgIpc) is 3.07. The molecule has 116 valence electrons. The van der Waals surface area contributed by atoms with Crippen LogP contribution in [0.1, 0.15) is 10.5 Å². The average molecular weight is 309 g/mol. The van der Waals surface area contributed by atoms with Gasteiger partial charge < -0.3 is 9.47 Å². The molecule has 0 fully saturated rings. The molecule has 23 heavy (non-hydrogen) atoms. The van der Waals surface area contributed by atoms with Gasteiger partial charge in [-0.1, -0.05) is 12.1 Å². The van der Waals surface area contributed by atoms with Crippen molar-refractivity contribution in [3.05, 3.63) is 60.6 Å². The highest BCUT2D eigenvalue weighted by molar-refractivity contribution is 5.94. The molecule has 0 N–H and O–H groups in total. The Morgan fingerprint density at radius 1 is 1.13 bits per heavy atom. The molecule has 6 heteroatoms. The Bertz CT molecular complexity index is 828. The zero-order valence-electron chi connectivity index (χ0n) is 12.8. The van der Waals surface area contributed by atoms with Crippen molar-refractivity contribution in [2.24, 2.45) is 0 Å². The van der Waals surface area contributed by atoms with E-state index in [4.69, 9.17) is 9.47 Å². The van der Waals surface area contributed by atoms with Crippen LogP contribution in [0, 0.1) is 0 Å². The predicted molar refractivity (Wildman–Crippen MR) is 84.7 cm³/mol. The van der Waals surface area contributed by atoms with E-state index in [1.54, 1.807) is 24.2 Å². The second-order valence-corrected chi connectivity index (χ2v) is 4.74. The first kappa shape index (κ1) is 14.8. The van der Waals surface area contributed by atoms with Gasteiger partial charge in [-0.15, -0.1) is 0 Å². The normalized spacial score (nSPS) is 10.3. The molecule has 0 aliphatic rings. The zero-order valence-corrected chi connectivity index (χ0v) is 12.8. The van der Waals surface area contributed by atoms with E-state index < -0.39 is 5.97 Å². The van der Waals surface area contributed by atoms with E-state index >= 15 is 0 Å². The molecule has 3 rings (SSSR count). The van der Waals surface area contributed by atoms with Gasteiger partial charge in [-0.25, -0.2) is 9.48 Å². The lowest BCUT2D eigenvalue weighted by Crippen LogP contribution is -2.05. The molecule has 0 atom stereocenters. The van der Waals surface area contributed by atoms with Crippen LogP contribution in [0.5, 0.6) is 5.75 Å². The first-order valence-electron chi connectivity index (χ1n) is 6.96. The van der Waals surface area contributed by atoms with Crippen molar-refractivity contribution in [1.82, 2.24) is 14.8 Å². The van der Waals surface area contributed by atoms with Crippen LogP contribution in [-0.4, -0.2) is 35.0 Å². The summed E-state index contributed by atoms with van der Waals surface area (Å²) in [6.07, 6.45) is 3.42. The molecular weight excluding hydrogens is 294 g/mol. The van der Waals surface area contributed by atoms with Crippen molar-refractivity contribution in [2.75, 3.05) is 14.2 Å². The number of hydrogen-bond acceptors (Lipinski definition) is 5. The molecule has 0 amide bonds. The standard InChI is InChI=1S/C17H15N3O3/c1-22-13-7-5-6-12(10-13)20-11-14(15-8-3-4-9-18-15)16(19-20)17(21)23-2/h3-11H,1-2H3. The SMILES string of the molecule is COC(=O)c1nn(-c2cccc(OC)c2)cc1-c1ccccn1. The quantitative estimate of drug-likeness (QED) is 0.693. The van der Waals surface area contributed by atoms with Gasteiger partial charge in [-0.3, -0.25) is 4.98 Å². The fourth-order valence-electron chi connectivity index (χ4n) is 2.22. The van der Waals surface area contributed by atoms with Crippen LogP contribution < -0.4 is 4.74 Å². The molecule has 1 aromatic carbocycles. The summed E-state index contributed by atoms with van der Waals surface area (Å²) in [6, 6.07) is 12.9. The molecule has 0 spiro atoms. The van der Waals surface area contributed by atoms with E-state index in [-0.39, 0.29) is 5.69 Å². The molecule has 6 nitrogen and oxygen atoms in total. The number of ether oxygens (including phenoxy) is 2. The summed E-state index contributed by atoms with van der Waals surface area (Å²) in [4.78, 5) is 16.3. The third-order valence-corrected chi connectivity index (χ3v) is 3.35. The lowest BCUT2D eigenvalue weighted by molar-refractivity contribution is 0.0594. The number of aromatic nitrogens is 3. The van der Waals surface area contributed by atoms with Gasteiger partial charge in [0.2, 0.25) is 0 Å². The maximum absolute atomic E-state index is 12.0. The number of methoxy groups -OCH3 is 2. The number of rotatable bonds is 4. The smallest absolute Gasteiger partial charge is 0.359 e. The minimum Gasteiger partial charge on any atom is -0.497 e. The molecular formula is C17H15N3O3. The number of pyridine rings is 1. The van der Waals surface area contributed by atoms with Gasteiger partial charge in [0.25, 0.3) is 0 Å². The Hall–Kier alpha value is -3.15. The fraction of sp³-hybridized carbons (Fsp3) is 0.118. The number of carbonyl (C=O) groups excluding carboxylic acids is 1. The predicted octanol–water partition coefficient (Wildman–Crippen LogP) is 2.73. The zero-order chi connectivity index (χ0) is 16.2. The molecule has 0 aliphatic heterocycles. The van der Waals surface area contributed by atoms with E-state index in [0.29, 0.717) is 17.0 Å². The van der Waals surface area contributed by atoms with Crippen molar-refractivity contribution >= 4 is 5.97 Å². The largest absolute Gasteiger partial charge is 0.497 e. The van der Waals surface area contributed by atoms with Crippen molar-refractivity contribution < 1.29 is 14.3 Å². The molecule has 0 saturated heterocycles. The number of benzene rings is 1. The van der Waals surface area contributed by atoms with Gasteiger partial charge in [0, 0.05) is 18.5 Å². The molecule has 2 aromatic heterocycles. The third-order valence-electron chi connectivity index (χ3n) is 3.35. The Labute approximate surface area is 133 Å². The first-order chi connectivity index (χ1) is 11.2. The van der Waals surface area contributed by atoms with Crippen LogP contribution in [0.25, 0.3) is 16.9 Å². The fourth-order valence-corrected chi connectivity index (χ4v) is 2.22. The molecule has 0 saturated carbocycles. The van der Waals surface area contributed by atoms with Gasteiger partial charge in [0.15, 0.2) is 5.69 Å². The number of nitrogens with zero attached hydrogens (tertiary/aromatic N) is 3. The lowest BCUT2D eigenvalue weighted by atomic mass is 10.1. The highest BCUT2D eigenvalue weighted by Gasteiger charge is 2.20. The maximum Gasteiger partial charge on any atom is 0.359 e. The van der Waals surface area contributed by atoms with Gasteiger partial charge in [-0.2, -0.15) is 5.10 Å². The van der Waals surface area contributed by atoms with Crippen LogP contribution in [0.2, 0.25) is 0 Å². The second-order valence-electron chi connectivity index (χ2n) is 4.74. The van der Waals surface area contributed by atoms with E-state index in [0.717, 1.165) is 5.69 Å². The Morgan fingerprint density at radius 2 is 2.00 bits per heavy atom. The topological polar surface area (TPSA) is 66.2 Å². The van der Waals surface area contributed by atoms with Gasteiger partial charge in [0.1, 0.15) is 5.75 Å². The molecule has 2 heterocycles. The molecule has 3 aromatic rings. The minimum atomic E-state index is -0.507. The highest BCUT2D eigenvalue weighted by atomic mass is 16.5. The van der Waals surface area contributed by atoms with Gasteiger partial charge in [-0.05, 0) is 24.3 Å². The maximum atomic E-state index is 12.0. The van der Waals surface area contributed by atoms with E-state index in [1.807, 2.05) is 42.5 Å². The molecule has 0 radical (unpaired) electrons. The minimum absolute atomic E-state index is 0.217. The molecule has 0 bridgehead atoms. The Kier molecular flexibility index (Phi) is 4.05. The number of hydrogen-bond donors (Lipinski definition) is 0. The number of carbonyl (C=O) groups is 1. The third kappa shape index (κ3) is 2.91. The van der Waals surface area contributed by atoms with Crippen molar-refractivity contribution in [1.29, 1.82) is 0 Å².